The molecule has 2 aliphatic heterocycles. The molecule has 0 aromatic carbocycles. The number of halogens is 4. The Morgan fingerprint density at radius 3 is 2.55 bits per heavy atom. The normalized spacial score (nSPS) is 19.9. The number of fused-ring (bicyclic) bond motifs is 1. The van der Waals surface area contributed by atoms with Gasteiger partial charge in [-0.2, -0.15) is 13.2 Å². The molecule has 3 N–H and O–H groups in total. The van der Waals surface area contributed by atoms with Gasteiger partial charge in [-0.1, -0.05) is 0 Å². The van der Waals surface area contributed by atoms with Gasteiger partial charge in [-0.15, -0.1) is 0 Å². The second-order valence-electron chi connectivity index (χ2n) is 6.66. The second kappa shape index (κ2) is 8.20. The maximum absolute atomic E-state index is 12.4. The number of hydrogen-bond acceptors (Lipinski definition) is 6. The lowest BCUT2D eigenvalue weighted by atomic mass is 9.92. The third kappa shape index (κ3) is 5.00. The number of rotatable bonds is 2. The maximum Gasteiger partial charge on any atom is 0.490 e. The molecule has 4 rings (SSSR count). The highest BCUT2D eigenvalue weighted by atomic mass is 79.9. The molecule has 2 aliphatic rings. The van der Waals surface area contributed by atoms with Gasteiger partial charge in [0.15, 0.2) is 0 Å². The highest BCUT2D eigenvalue weighted by molar-refractivity contribution is 9.10. The van der Waals surface area contributed by atoms with Crippen molar-refractivity contribution in [1.82, 2.24) is 20.6 Å². The minimum absolute atomic E-state index is 0.0491. The molecule has 1 unspecified atom stereocenters. The zero-order valence-corrected chi connectivity index (χ0v) is 16.4. The predicted molar refractivity (Wildman–Crippen MR) is 98.4 cm³/mol. The molecule has 1 amide bonds. The average Bonchev–Trinajstić information content (AvgIpc) is 3.06. The number of nitrogens with zero attached hydrogens (tertiary/aromatic N) is 2. The number of hydrogen-bond donors (Lipinski definition) is 3. The number of aliphatic carboxylic acids is 1. The Morgan fingerprint density at radius 2 is 2.00 bits per heavy atom. The number of ether oxygens (including phenoxy) is 1. The van der Waals surface area contributed by atoms with Gasteiger partial charge in [0.2, 0.25) is 0 Å². The largest absolute Gasteiger partial charge is 0.490 e. The molecule has 0 bridgehead atoms. The standard InChI is InChI=1S/C15H15BrN4O2.C2HF3O2/c16-11-5-17-4-9-1-2-12(20-13(9)11)14(21)19-10-3-15(22-6-10)7-18-8-15;3-2(4,5)1(6)7/h1-2,4-5,10,18H,3,6-8H2,(H,19,21);(H,6,7). The fourth-order valence-corrected chi connectivity index (χ4v) is 3.42. The molecule has 2 aromatic rings. The van der Waals surface area contributed by atoms with E-state index in [9.17, 15) is 18.0 Å². The summed E-state index contributed by atoms with van der Waals surface area (Å²) < 4.78 is 38.3. The molecule has 8 nitrogen and oxygen atoms in total. The summed E-state index contributed by atoms with van der Waals surface area (Å²) >= 11 is 3.42. The topological polar surface area (TPSA) is 113 Å². The molecule has 2 fully saturated rings. The van der Waals surface area contributed by atoms with Crippen molar-refractivity contribution < 1.29 is 32.6 Å². The predicted octanol–water partition coefficient (Wildman–Crippen LogP) is 1.89. The Kier molecular flexibility index (Phi) is 6.05. The van der Waals surface area contributed by atoms with E-state index in [-0.39, 0.29) is 17.6 Å². The summed E-state index contributed by atoms with van der Waals surface area (Å²) in [6, 6.07) is 3.63. The third-order valence-corrected chi connectivity index (χ3v) is 5.05. The van der Waals surface area contributed by atoms with E-state index in [0.717, 1.165) is 34.9 Å². The first-order valence-electron chi connectivity index (χ1n) is 8.46. The number of nitrogens with one attached hydrogen (secondary N) is 2. The van der Waals surface area contributed by atoms with Gasteiger partial charge in [-0.05, 0) is 28.1 Å². The quantitative estimate of drug-likeness (QED) is 0.606. The zero-order chi connectivity index (χ0) is 21.2. The van der Waals surface area contributed by atoms with Crippen LogP contribution in [0.1, 0.15) is 16.9 Å². The zero-order valence-electron chi connectivity index (χ0n) is 14.8. The Morgan fingerprint density at radius 1 is 1.31 bits per heavy atom. The van der Waals surface area contributed by atoms with Crippen LogP contribution in [-0.2, 0) is 9.53 Å². The number of carboxylic acids is 1. The first kappa shape index (κ1) is 21.4. The monoisotopic (exact) mass is 476 g/mol. The van der Waals surface area contributed by atoms with Crippen molar-refractivity contribution in [3.63, 3.8) is 0 Å². The third-order valence-electron chi connectivity index (χ3n) is 4.47. The van der Waals surface area contributed by atoms with Crippen LogP contribution in [0.25, 0.3) is 10.9 Å². The first-order chi connectivity index (χ1) is 13.6. The van der Waals surface area contributed by atoms with Crippen molar-refractivity contribution >= 4 is 38.7 Å². The molecule has 2 saturated heterocycles. The molecule has 0 aliphatic carbocycles. The lowest BCUT2D eigenvalue weighted by Gasteiger charge is -2.38. The van der Waals surface area contributed by atoms with Gasteiger partial charge < -0.3 is 20.5 Å². The van der Waals surface area contributed by atoms with E-state index in [4.69, 9.17) is 14.6 Å². The number of alkyl halides is 3. The fraction of sp³-hybridized carbons (Fsp3) is 0.412. The number of carboxylic acid groups (broad SMARTS) is 1. The van der Waals surface area contributed by atoms with E-state index in [1.807, 2.05) is 6.07 Å². The fourth-order valence-electron chi connectivity index (χ4n) is 2.98. The number of aromatic nitrogens is 2. The van der Waals surface area contributed by atoms with E-state index in [0.29, 0.717) is 12.3 Å². The van der Waals surface area contributed by atoms with Crippen molar-refractivity contribution in [3.8, 4) is 0 Å². The Balaban J connectivity index is 0.000000298. The molecule has 0 radical (unpaired) electrons. The van der Waals surface area contributed by atoms with Gasteiger partial charge in [0, 0.05) is 37.3 Å². The minimum atomic E-state index is -5.08. The van der Waals surface area contributed by atoms with Crippen molar-refractivity contribution in [2.24, 2.45) is 0 Å². The van der Waals surface area contributed by atoms with Crippen LogP contribution in [0.15, 0.2) is 29.0 Å². The molecule has 1 spiro atoms. The molecular formula is C17H16BrF3N4O4. The second-order valence-corrected chi connectivity index (χ2v) is 7.52. The Bertz CT molecular complexity index is 937. The van der Waals surface area contributed by atoms with E-state index >= 15 is 0 Å². The molecule has 156 valence electrons. The lowest BCUT2D eigenvalue weighted by molar-refractivity contribution is -0.192. The molecule has 29 heavy (non-hydrogen) atoms. The van der Waals surface area contributed by atoms with Gasteiger partial charge in [0.1, 0.15) is 5.69 Å². The highest BCUT2D eigenvalue weighted by Crippen LogP contribution is 2.29. The van der Waals surface area contributed by atoms with Crippen LogP contribution in [0.5, 0.6) is 0 Å². The van der Waals surface area contributed by atoms with Crippen LogP contribution in [0.2, 0.25) is 0 Å². The summed E-state index contributed by atoms with van der Waals surface area (Å²) in [6.07, 6.45) is -0.824. The van der Waals surface area contributed by atoms with Crippen LogP contribution in [0, 0.1) is 0 Å². The van der Waals surface area contributed by atoms with Crippen molar-refractivity contribution in [3.05, 3.63) is 34.7 Å². The SMILES string of the molecule is O=C(NC1COC2(CNC2)C1)c1ccc2cncc(Br)c2n1.O=C(O)C(F)(F)F. The lowest BCUT2D eigenvalue weighted by Crippen LogP contribution is -2.59. The number of carbonyl (C=O) groups excluding carboxylic acids is 1. The summed E-state index contributed by atoms with van der Waals surface area (Å²) in [6.45, 7) is 2.30. The summed E-state index contributed by atoms with van der Waals surface area (Å²) in [5, 5.41) is 14.3. The maximum atomic E-state index is 12.4. The van der Waals surface area contributed by atoms with Gasteiger partial charge in [-0.3, -0.25) is 9.78 Å². The summed E-state index contributed by atoms with van der Waals surface area (Å²) in [7, 11) is 0. The van der Waals surface area contributed by atoms with Crippen LogP contribution in [0.3, 0.4) is 0 Å². The minimum Gasteiger partial charge on any atom is -0.475 e. The van der Waals surface area contributed by atoms with Gasteiger partial charge in [0.25, 0.3) is 5.91 Å². The van der Waals surface area contributed by atoms with Crippen molar-refractivity contribution in [2.75, 3.05) is 19.7 Å². The van der Waals surface area contributed by atoms with Crippen LogP contribution >= 0.6 is 15.9 Å². The van der Waals surface area contributed by atoms with Gasteiger partial charge in [-0.25, -0.2) is 9.78 Å². The smallest absolute Gasteiger partial charge is 0.475 e. The van der Waals surface area contributed by atoms with Gasteiger partial charge in [0.05, 0.1) is 28.2 Å². The number of amides is 1. The molecule has 1 atom stereocenters. The molecular weight excluding hydrogens is 461 g/mol. The van der Waals surface area contributed by atoms with Crippen LogP contribution in [0.4, 0.5) is 13.2 Å². The number of carbonyl (C=O) groups is 2. The van der Waals surface area contributed by atoms with Gasteiger partial charge >= 0.3 is 12.1 Å². The highest BCUT2D eigenvalue weighted by Gasteiger charge is 2.45. The Hall–Kier alpha value is -2.31. The Labute approximate surface area is 171 Å². The molecule has 0 saturated carbocycles. The first-order valence-corrected chi connectivity index (χ1v) is 9.25. The summed E-state index contributed by atoms with van der Waals surface area (Å²) in [5.74, 6) is -2.92. The molecule has 4 heterocycles. The van der Waals surface area contributed by atoms with E-state index in [2.05, 4.69) is 36.5 Å². The van der Waals surface area contributed by atoms with E-state index in [1.165, 1.54) is 0 Å². The summed E-state index contributed by atoms with van der Waals surface area (Å²) in [4.78, 5) is 29.8. The average molecular weight is 477 g/mol. The van der Waals surface area contributed by atoms with E-state index in [1.54, 1.807) is 18.5 Å². The van der Waals surface area contributed by atoms with Crippen molar-refractivity contribution in [1.29, 1.82) is 0 Å². The van der Waals surface area contributed by atoms with Crippen LogP contribution < -0.4 is 10.6 Å². The van der Waals surface area contributed by atoms with Crippen molar-refractivity contribution in [2.45, 2.75) is 24.2 Å². The molecule has 12 heteroatoms. The van der Waals surface area contributed by atoms with E-state index < -0.39 is 12.1 Å². The number of pyridine rings is 2. The summed E-state index contributed by atoms with van der Waals surface area (Å²) in [5.41, 5.74) is 1.08. The van der Waals surface area contributed by atoms with Crippen LogP contribution in [-0.4, -0.2) is 64.5 Å². The molecule has 2 aromatic heterocycles.